The number of amides is 1. The molecule has 26 heavy (non-hydrogen) atoms. The van der Waals surface area contributed by atoms with E-state index in [1.54, 1.807) is 12.1 Å². The van der Waals surface area contributed by atoms with Crippen LogP contribution >= 0.6 is 11.6 Å². The molecule has 1 aromatic carbocycles. The number of halogens is 1. The molecule has 0 aliphatic carbocycles. The van der Waals surface area contributed by atoms with E-state index in [-0.39, 0.29) is 11.4 Å². The number of rotatable bonds is 3. The third kappa shape index (κ3) is 2.87. The van der Waals surface area contributed by atoms with Crippen molar-refractivity contribution in [3.63, 3.8) is 0 Å². The summed E-state index contributed by atoms with van der Waals surface area (Å²) in [6, 6.07) is 5.50. The number of benzene rings is 1. The number of fused-ring (bicyclic) bond motifs is 1. The van der Waals surface area contributed by atoms with Gasteiger partial charge in [-0.15, -0.1) is 0 Å². The fourth-order valence-electron chi connectivity index (χ4n) is 3.32. The van der Waals surface area contributed by atoms with Crippen LogP contribution in [0.3, 0.4) is 0 Å². The molecule has 2 heterocycles. The molecule has 7 nitrogen and oxygen atoms in total. The van der Waals surface area contributed by atoms with Gasteiger partial charge in [-0.3, -0.25) is 4.79 Å². The maximum atomic E-state index is 12.1. The number of nitrogens with zero attached hydrogens (tertiary/aromatic N) is 3. The quantitative estimate of drug-likeness (QED) is 0.758. The Morgan fingerprint density at radius 3 is 2.81 bits per heavy atom. The van der Waals surface area contributed by atoms with Gasteiger partial charge in [0.25, 0.3) is 5.91 Å². The lowest BCUT2D eigenvalue weighted by atomic mass is 9.85. The molecule has 2 aromatic rings. The van der Waals surface area contributed by atoms with Crippen molar-refractivity contribution in [1.29, 1.82) is 0 Å². The molecule has 0 bridgehead atoms. The highest BCUT2D eigenvalue weighted by Crippen LogP contribution is 2.46. The van der Waals surface area contributed by atoms with Crippen molar-refractivity contribution in [2.75, 3.05) is 24.2 Å². The van der Waals surface area contributed by atoms with E-state index in [1.165, 1.54) is 20.2 Å². The molecular weight excluding hydrogens is 354 g/mol. The third-order valence-corrected chi connectivity index (χ3v) is 5.07. The first-order valence-electron chi connectivity index (χ1n) is 8.23. The molecule has 1 aliphatic rings. The monoisotopic (exact) mass is 375 g/mol. The second kappa shape index (κ2) is 6.10. The van der Waals surface area contributed by atoms with Gasteiger partial charge in [-0.2, -0.15) is 4.98 Å². The van der Waals surface area contributed by atoms with Crippen molar-refractivity contribution in [1.82, 2.24) is 15.3 Å². The number of nitrogen functional groups attached to an aromatic ring is 1. The zero-order valence-corrected chi connectivity index (χ0v) is 15.9. The summed E-state index contributed by atoms with van der Waals surface area (Å²) >= 11 is 6.30. The molecule has 0 radical (unpaired) electrons. The van der Waals surface area contributed by atoms with Crippen molar-refractivity contribution < 1.29 is 9.90 Å². The molecule has 1 unspecified atom stereocenters. The van der Waals surface area contributed by atoms with Gasteiger partial charge in [0.2, 0.25) is 5.95 Å². The highest BCUT2D eigenvalue weighted by atomic mass is 35.5. The Kier molecular flexibility index (Phi) is 4.32. The zero-order chi connectivity index (χ0) is 19.3. The summed E-state index contributed by atoms with van der Waals surface area (Å²) < 4.78 is 0. The number of carbonyl (C=O) groups is 1. The van der Waals surface area contributed by atoms with Crippen molar-refractivity contribution >= 4 is 35.0 Å². The van der Waals surface area contributed by atoms with E-state index < -0.39 is 11.5 Å². The molecule has 0 saturated carbocycles. The predicted octanol–water partition coefficient (Wildman–Crippen LogP) is 2.09. The summed E-state index contributed by atoms with van der Waals surface area (Å²) in [6.07, 6.45) is 1.47. The average Bonchev–Trinajstić information content (AvgIpc) is 2.87. The molecule has 0 spiro atoms. The summed E-state index contributed by atoms with van der Waals surface area (Å²) in [5.41, 5.74) is 6.30. The van der Waals surface area contributed by atoms with Crippen LogP contribution in [0.4, 0.5) is 17.5 Å². The fourth-order valence-corrected chi connectivity index (χ4v) is 3.51. The van der Waals surface area contributed by atoms with Crippen molar-refractivity contribution in [3.8, 4) is 0 Å². The minimum Gasteiger partial charge on any atom is -0.376 e. The van der Waals surface area contributed by atoms with Gasteiger partial charge in [0.1, 0.15) is 5.02 Å². The Balaban J connectivity index is 2.16. The van der Waals surface area contributed by atoms with E-state index in [4.69, 9.17) is 17.3 Å². The summed E-state index contributed by atoms with van der Waals surface area (Å²) in [7, 11) is 1.49. The molecule has 4 N–H and O–H groups in total. The number of likely N-dealkylation sites (N-methyl/N-ethyl adjacent to an activating group) is 1. The van der Waals surface area contributed by atoms with Crippen LogP contribution in [-0.2, 0) is 15.8 Å². The van der Waals surface area contributed by atoms with Crippen LogP contribution in [0.1, 0.15) is 31.9 Å². The number of hydrogen-bond donors (Lipinski definition) is 3. The number of carbonyl (C=O) groups excluding carboxylic acids is 1. The normalized spacial score (nSPS) is 17.5. The van der Waals surface area contributed by atoms with Crippen LogP contribution in [0.5, 0.6) is 0 Å². The summed E-state index contributed by atoms with van der Waals surface area (Å²) in [5.74, 6) is 0.150. The Morgan fingerprint density at radius 2 is 2.15 bits per heavy atom. The molecule has 8 heteroatoms. The van der Waals surface area contributed by atoms with E-state index in [2.05, 4.69) is 29.1 Å². The highest BCUT2D eigenvalue weighted by molar-refractivity contribution is 6.33. The minimum atomic E-state index is -1.66. The smallest absolute Gasteiger partial charge is 0.256 e. The van der Waals surface area contributed by atoms with Crippen molar-refractivity contribution in [3.05, 3.63) is 40.5 Å². The molecule has 0 saturated heterocycles. The van der Waals surface area contributed by atoms with Crippen LogP contribution < -0.4 is 16.0 Å². The first-order chi connectivity index (χ1) is 12.1. The first-order valence-corrected chi connectivity index (χ1v) is 8.61. The maximum Gasteiger partial charge on any atom is 0.256 e. The topological polar surface area (TPSA) is 104 Å². The van der Waals surface area contributed by atoms with E-state index in [0.29, 0.717) is 22.9 Å². The Hall–Kier alpha value is -2.38. The van der Waals surface area contributed by atoms with Gasteiger partial charge in [-0.1, -0.05) is 37.6 Å². The molecule has 1 atom stereocenters. The highest BCUT2D eigenvalue weighted by Gasteiger charge is 2.39. The Labute approximate surface area is 157 Å². The number of nitrogens with two attached hydrogens (primary N) is 1. The first kappa shape index (κ1) is 18.4. The molecule has 1 aromatic heterocycles. The number of nitrogens with one attached hydrogen (secondary N) is 1. The summed E-state index contributed by atoms with van der Waals surface area (Å²) in [6.45, 7) is 6.32. The molecule has 1 aliphatic heterocycles. The van der Waals surface area contributed by atoms with Crippen LogP contribution in [-0.4, -0.2) is 34.6 Å². The molecule has 1 amide bonds. The number of aliphatic hydroxyl groups is 1. The molecular formula is C18H22ClN5O2. The van der Waals surface area contributed by atoms with E-state index >= 15 is 0 Å². The van der Waals surface area contributed by atoms with Crippen LogP contribution in [0.15, 0.2) is 24.4 Å². The molecule has 138 valence electrons. The van der Waals surface area contributed by atoms with Gasteiger partial charge in [0, 0.05) is 24.7 Å². The van der Waals surface area contributed by atoms with Crippen LogP contribution in [0, 0.1) is 0 Å². The van der Waals surface area contributed by atoms with Crippen molar-refractivity contribution in [2.45, 2.75) is 31.8 Å². The van der Waals surface area contributed by atoms with Crippen molar-refractivity contribution in [2.24, 2.45) is 0 Å². The number of hydrogen-bond acceptors (Lipinski definition) is 6. The van der Waals surface area contributed by atoms with Gasteiger partial charge < -0.3 is 21.1 Å². The van der Waals surface area contributed by atoms with Crippen LogP contribution in [0.2, 0.25) is 5.02 Å². The number of anilines is 3. The Morgan fingerprint density at radius 1 is 1.46 bits per heavy atom. The Bertz CT molecular complexity index is 882. The minimum absolute atomic E-state index is 0.129. The number of aromatic nitrogens is 2. The lowest BCUT2D eigenvalue weighted by Gasteiger charge is -2.24. The molecule has 3 rings (SSSR count). The van der Waals surface area contributed by atoms with Gasteiger partial charge in [0.15, 0.2) is 11.4 Å². The fraction of sp³-hybridized carbons (Fsp3) is 0.389. The zero-order valence-electron chi connectivity index (χ0n) is 15.2. The predicted molar refractivity (Wildman–Crippen MR) is 102 cm³/mol. The standard InChI is InChI=1S/C18H22ClN5O2/c1-17(2)9-24(14-12(19)8-22-16(20)23-14)13-7-10(5-6-11(13)17)18(3,26)15(25)21-4/h5-8,26H,9H2,1-4H3,(H,21,25)(H2,20,22,23). The lowest BCUT2D eigenvalue weighted by Crippen LogP contribution is -2.40. The second-order valence-corrected chi connectivity index (χ2v) is 7.66. The van der Waals surface area contributed by atoms with Gasteiger partial charge in [-0.25, -0.2) is 4.98 Å². The van der Waals surface area contributed by atoms with Gasteiger partial charge in [0.05, 0.1) is 6.20 Å². The average molecular weight is 376 g/mol. The largest absolute Gasteiger partial charge is 0.376 e. The second-order valence-electron chi connectivity index (χ2n) is 7.25. The van der Waals surface area contributed by atoms with Crippen LogP contribution in [0.25, 0.3) is 0 Å². The van der Waals surface area contributed by atoms with Gasteiger partial charge in [-0.05, 0) is 24.1 Å². The summed E-state index contributed by atoms with van der Waals surface area (Å²) in [5, 5.41) is 13.5. The summed E-state index contributed by atoms with van der Waals surface area (Å²) in [4.78, 5) is 22.2. The van der Waals surface area contributed by atoms with E-state index in [1.807, 2.05) is 11.0 Å². The van der Waals surface area contributed by atoms with Gasteiger partial charge >= 0.3 is 0 Å². The molecule has 0 fully saturated rings. The SMILES string of the molecule is CNC(=O)C(C)(O)c1ccc2c(c1)N(c1nc(N)ncc1Cl)CC2(C)C. The maximum absolute atomic E-state index is 12.1. The lowest BCUT2D eigenvalue weighted by molar-refractivity contribution is -0.138. The van der Waals surface area contributed by atoms with E-state index in [0.717, 1.165) is 11.3 Å². The third-order valence-electron chi connectivity index (χ3n) is 4.80. The van der Waals surface area contributed by atoms with E-state index in [9.17, 15) is 9.90 Å².